The molecule has 2 aromatic carbocycles. The number of ether oxygens (including phenoxy) is 2. The predicted octanol–water partition coefficient (Wildman–Crippen LogP) is 3.72. The van der Waals surface area contributed by atoms with Gasteiger partial charge in [-0.3, -0.25) is 4.57 Å². The third-order valence-corrected chi connectivity index (χ3v) is 5.47. The van der Waals surface area contributed by atoms with E-state index >= 15 is 0 Å². The van der Waals surface area contributed by atoms with Gasteiger partial charge in [0.25, 0.3) is 0 Å². The summed E-state index contributed by atoms with van der Waals surface area (Å²) < 4.78 is 27.0. The number of morpholine rings is 1. The highest BCUT2D eigenvalue weighted by Gasteiger charge is 2.22. The maximum atomic E-state index is 13.9. The van der Waals surface area contributed by atoms with Crippen molar-refractivity contribution in [1.29, 1.82) is 0 Å². The van der Waals surface area contributed by atoms with E-state index in [9.17, 15) is 4.39 Å². The van der Waals surface area contributed by atoms with Gasteiger partial charge in [-0.1, -0.05) is 35.5 Å². The second kappa shape index (κ2) is 9.28. The lowest BCUT2D eigenvalue weighted by Crippen LogP contribution is -2.37. The van der Waals surface area contributed by atoms with Crippen molar-refractivity contribution in [1.82, 2.24) is 14.8 Å². The molecule has 0 saturated carbocycles. The van der Waals surface area contributed by atoms with Gasteiger partial charge in [0, 0.05) is 18.8 Å². The van der Waals surface area contributed by atoms with Crippen molar-refractivity contribution in [3.8, 4) is 11.4 Å². The molecule has 0 N–H and O–H groups in total. The lowest BCUT2D eigenvalue weighted by atomic mass is 10.2. The summed E-state index contributed by atoms with van der Waals surface area (Å²) in [7, 11) is 0. The first kappa shape index (κ1) is 19.7. The molecule has 4 rings (SSSR count). The van der Waals surface area contributed by atoms with Crippen LogP contribution in [0.1, 0.15) is 5.56 Å². The zero-order valence-electron chi connectivity index (χ0n) is 16.3. The molecule has 2 heterocycles. The van der Waals surface area contributed by atoms with Gasteiger partial charge in [0.15, 0.2) is 5.16 Å². The van der Waals surface area contributed by atoms with Gasteiger partial charge in [-0.15, -0.1) is 10.2 Å². The van der Waals surface area contributed by atoms with E-state index in [-0.39, 0.29) is 5.82 Å². The minimum absolute atomic E-state index is 0.289. The summed E-state index contributed by atoms with van der Waals surface area (Å²) in [6, 6.07) is 14.5. The summed E-state index contributed by atoms with van der Waals surface area (Å²) in [5, 5.41) is 9.47. The highest BCUT2D eigenvalue weighted by molar-refractivity contribution is 7.99. The van der Waals surface area contributed by atoms with E-state index < -0.39 is 0 Å². The Morgan fingerprint density at radius 2 is 1.90 bits per heavy atom. The van der Waals surface area contributed by atoms with Crippen LogP contribution in [-0.2, 0) is 4.74 Å². The molecule has 0 unspecified atom stereocenters. The largest absolute Gasteiger partial charge is 0.493 e. The van der Waals surface area contributed by atoms with Crippen molar-refractivity contribution in [2.45, 2.75) is 12.1 Å². The summed E-state index contributed by atoms with van der Waals surface area (Å²) in [6.45, 7) is 5.33. The molecular formula is C21H23FN4O2S. The molecule has 152 valence electrons. The quantitative estimate of drug-likeness (QED) is 0.434. The van der Waals surface area contributed by atoms with Gasteiger partial charge in [0.1, 0.15) is 11.6 Å². The molecule has 6 nitrogen and oxygen atoms in total. The Balaban J connectivity index is 1.49. The van der Waals surface area contributed by atoms with Crippen molar-refractivity contribution in [2.24, 2.45) is 0 Å². The van der Waals surface area contributed by atoms with Crippen LogP contribution in [0.4, 0.5) is 10.3 Å². The van der Waals surface area contributed by atoms with Crippen molar-refractivity contribution in [3.63, 3.8) is 0 Å². The van der Waals surface area contributed by atoms with Gasteiger partial charge < -0.3 is 14.4 Å². The lowest BCUT2D eigenvalue weighted by molar-refractivity contribution is 0.122. The van der Waals surface area contributed by atoms with E-state index in [4.69, 9.17) is 9.47 Å². The van der Waals surface area contributed by atoms with Gasteiger partial charge in [0.2, 0.25) is 5.95 Å². The van der Waals surface area contributed by atoms with Gasteiger partial charge in [-0.05, 0) is 37.3 Å². The molecule has 0 atom stereocenters. The summed E-state index contributed by atoms with van der Waals surface area (Å²) in [6.07, 6.45) is 0. The fourth-order valence-corrected chi connectivity index (χ4v) is 3.86. The predicted molar refractivity (Wildman–Crippen MR) is 112 cm³/mol. The number of hydrogen-bond donors (Lipinski definition) is 0. The average Bonchev–Trinajstić information content (AvgIpc) is 3.17. The average molecular weight is 415 g/mol. The molecule has 8 heteroatoms. The topological polar surface area (TPSA) is 52.4 Å². The molecular weight excluding hydrogens is 391 g/mol. The highest BCUT2D eigenvalue weighted by Crippen LogP contribution is 2.27. The van der Waals surface area contributed by atoms with Gasteiger partial charge in [-0.25, -0.2) is 4.39 Å². The third-order valence-electron chi connectivity index (χ3n) is 4.58. The Hall–Kier alpha value is -2.58. The number of rotatable bonds is 7. The van der Waals surface area contributed by atoms with Crippen LogP contribution in [0.5, 0.6) is 5.75 Å². The zero-order valence-corrected chi connectivity index (χ0v) is 17.1. The number of thioether (sulfide) groups is 1. The van der Waals surface area contributed by atoms with Crippen molar-refractivity contribution in [2.75, 3.05) is 43.6 Å². The molecule has 0 aliphatic carbocycles. The monoisotopic (exact) mass is 414 g/mol. The number of anilines is 1. The van der Waals surface area contributed by atoms with Crippen LogP contribution in [0.3, 0.4) is 0 Å². The van der Waals surface area contributed by atoms with Crippen LogP contribution in [0, 0.1) is 12.7 Å². The lowest BCUT2D eigenvalue weighted by Gasteiger charge is -2.27. The molecule has 1 saturated heterocycles. The SMILES string of the molecule is Cc1ccc(OCCSc2nnc(N3CCOCC3)n2-c2cccc(F)c2)cc1. The number of nitrogens with zero attached hydrogens (tertiary/aromatic N) is 4. The fraction of sp³-hybridized carbons (Fsp3) is 0.333. The molecule has 0 spiro atoms. The normalized spacial score (nSPS) is 14.2. The maximum absolute atomic E-state index is 13.9. The first-order valence-corrected chi connectivity index (χ1v) is 10.6. The van der Waals surface area contributed by atoms with E-state index in [1.807, 2.05) is 41.8 Å². The smallest absolute Gasteiger partial charge is 0.232 e. The van der Waals surface area contributed by atoms with Gasteiger partial charge >= 0.3 is 0 Å². The zero-order chi connectivity index (χ0) is 20.1. The van der Waals surface area contributed by atoms with E-state index in [1.165, 1.54) is 29.5 Å². The molecule has 0 amide bonds. The number of halogens is 1. The first-order chi connectivity index (χ1) is 14.2. The summed E-state index contributed by atoms with van der Waals surface area (Å²) in [5.41, 5.74) is 1.91. The number of aryl methyl sites for hydroxylation is 1. The number of benzene rings is 2. The van der Waals surface area contributed by atoms with E-state index in [0.717, 1.165) is 18.8 Å². The minimum Gasteiger partial charge on any atom is -0.493 e. The first-order valence-electron chi connectivity index (χ1n) is 9.57. The van der Waals surface area contributed by atoms with Crippen molar-refractivity contribution in [3.05, 3.63) is 59.9 Å². The summed E-state index contributed by atoms with van der Waals surface area (Å²) in [5.74, 6) is 1.96. The molecule has 1 aromatic heterocycles. The van der Waals surface area contributed by atoms with Gasteiger partial charge in [-0.2, -0.15) is 0 Å². The van der Waals surface area contributed by atoms with Gasteiger partial charge in [0.05, 0.1) is 25.5 Å². The Bertz CT molecular complexity index is 942. The second-order valence-corrected chi connectivity index (χ2v) is 7.77. The van der Waals surface area contributed by atoms with Crippen LogP contribution >= 0.6 is 11.8 Å². The Morgan fingerprint density at radius 3 is 2.66 bits per heavy atom. The van der Waals surface area contributed by atoms with E-state index in [0.29, 0.717) is 42.4 Å². The minimum atomic E-state index is -0.289. The van der Waals surface area contributed by atoms with Crippen molar-refractivity contribution >= 4 is 17.7 Å². The molecule has 29 heavy (non-hydrogen) atoms. The van der Waals surface area contributed by atoms with Crippen LogP contribution in [0.15, 0.2) is 53.7 Å². The highest BCUT2D eigenvalue weighted by atomic mass is 32.2. The Kier molecular flexibility index (Phi) is 6.31. The number of aromatic nitrogens is 3. The molecule has 1 aliphatic heterocycles. The van der Waals surface area contributed by atoms with Crippen LogP contribution in [0.25, 0.3) is 5.69 Å². The molecule has 1 fully saturated rings. The second-order valence-electron chi connectivity index (χ2n) is 6.71. The Labute approximate surface area is 173 Å². The Morgan fingerprint density at radius 1 is 1.10 bits per heavy atom. The molecule has 3 aromatic rings. The third kappa shape index (κ3) is 4.89. The maximum Gasteiger partial charge on any atom is 0.232 e. The summed E-state index contributed by atoms with van der Waals surface area (Å²) >= 11 is 1.54. The molecule has 0 radical (unpaired) electrons. The molecule has 1 aliphatic rings. The van der Waals surface area contributed by atoms with E-state index in [2.05, 4.69) is 15.1 Å². The van der Waals surface area contributed by atoms with Crippen molar-refractivity contribution < 1.29 is 13.9 Å². The van der Waals surface area contributed by atoms with Crippen LogP contribution in [-0.4, -0.2) is 53.4 Å². The summed E-state index contributed by atoms with van der Waals surface area (Å²) in [4.78, 5) is 2.12. The van der Waals surface area contributed by atoms with Crippen LogP contribution in [0.2, 0.25) is 0 Å². The number of hydrogen-bond acceptors (Lipinski definition) is 6. The van der Waals surface area contributed by atoms with E-state index in [1.54, 1.807) is 6.07 Å². The molecule has 0 bridgehead atoms. The fourth-order valence-electron chi connectivity index (χ4n) is 3.09. The standard InChI is InChI=1S/C21H23FN4O2S/c1-16-5-7-19(8-6-16)28-13-14-29-21-24-23-20(25-9-11-27-12-10-25)26(21)18-4-2-3-17(22)15-18/h2-8,15H,9-14H2,1H3. The van der Waals surface area contributed by atoms with Crippen LogP contribution < -0.4 is 9.64 Å².